The molecule has 0 spiro atoms. The summed E-state index contributed by atoms with van der Waals surface area (Å²) in [5.41, 5.74) is 1.19. The Morgan fingerprint density at radius 2 is 2.25 bits per heavy atom. The largest absolute Gasteiger partial charge is 0.467 e. The van der Waals surface area contributed by atoms with Crippen LogP contribution in [-0.2, 0) is 17.9 Å². The molecule has 0 bridgehead atoms. The van der Waals surface area contributed by atoms with Gasteiger partial charge in [0.25, 0.3) is 0 Å². The highest BCUT2D eigenvalue weighted by Gasteiger charge is 2.25. The molecular formula is C16H28N2O2. The topological polar surface area (TPSA) is 37.6 Å². The first-order valence-corrected chi connectivity index (χ1v) is 7.70. The van der Waals surface area contributed by atoms with Gasteiger partial charge in [0, 0.05) is 24.7 Å². The van der Waals surface area contributed by atoms with Crippen molar-refractivity contribution in [3.63, 3.8) is 0 Å². The Kier molecular flexibility index (Phi) is 6.07. The van der Waals surface area contributed by atoms with Crippen LogP contribution in [0.1, 0.15) is 38.0 Å². The molecule has 0 radical (unpaired) electrons. The van der Waals surface area contributed by atoms with E-state index in [0.717, 1.165) is 38.0 Å². The van der Waals surface area contributed by atoms with Gasteiger partial charge in [-0.05, 0) is 38.4 Å². The van der Waals surface area contributed by atoms with Gasteiger partial charge in [0.05, 0.1) is 12.9 Å². The van der Waals surface area contributed by atoms with Gasteiger partial charge in [-0.3, -0.25) is 0 Å². The van der Waals surface area contributed by atoms with Crippen molar-refractivity contribution < 1.29 is 9.15 Å². The first-order chi connectivity index (χ1) is 9.65. The quantitative estimate of drug-likeness (QED) is 0.669. The number of rotatable bonds is 10. The Labute approximate surface area is 122 Å². The van der Waals surface area contributed by atoms with E-state index in [0.29, 0.717) is 12.5 Å². The van der Waals surface area contributed by atoms with Crippen molar-refractivity contribution in [1.82, 2.24) is 10.2 Å². The second-order valence-electron chi connectivity index (χ2n) is 6.21. The molecule has 1 heterocycles. The summed E-state index contributed by atoms with van der Waals surface area (Å²) in [5.74, 6) is 1.59. The number of hydrogen-bond donors (Lipinski definition) is 1. The van der Waals surface area contributed by atoms with E-state index in [-0.39, 0.29) is 0 Å². The summed E-state index contributed by atoms with van der Waals surface area (Å²) in [4.78, 5) is 2.38. The fraction of sp³-hybridized carbons (Fsp3) is 0.750. The molecule has 0 atom stereocenters. The molecule has 20 heavy (non-hydrogen) atoms. The van der Waals surface area contributed by atoms with Crippen molar-refractivity contribution >= 4 is 0 Å². The lowest BCUT2D eigenvalue weighted by atomic mass is 10.2. The van der Waals surface area contributed by atoms with Crippen molar-refractivity contribution in [3.8, 4) is 0 Å². The molecule has 1 aromatic rings. The summed E-state index contributed by atoms with van der Waals surface area (Å²) >= 11 is 0. The van der Waals surface area contributed by atoms with Crippen LogP contribution in [-0.4, -0.2) is 37.7 Å². The van der Waals surface area contributed by atoms with Crippen molar-refractivity contribution in [2.24, 2.45) is 5.92 Å². The molecule has 0 amide bonds. The zero-order chi connectivity index (χ0) is 14.4. The average molecular weight is 280 g/mol. The first kappa shape index (κ1) is 15.5. The highest BCUT2D eigenvalue weighted by molar-refractivity contribution is 5.12. The molecule has 0 saturated heterocycles. The second kappa shape index (κ2) is 7.81. The first-order valence-electron chi connectivity index (χ1n) is 7.70. The van der Waals surface area contributed by atoms with Crippen LogP contribution >= 0.6 is 0 Å². The van der Waals surface area contributed by atoms with Crippen LogP contribution < -0.4 is 5.32 Å². The summed E-state index contributed by atoms with van der Waals surface area (Å²) < 4.78 is 11.2. The highest BCUT2D eigenvalue weighted by atomic mass is 16.5. The van der Waals surface area contributed by atoms with E-state index in [1.807, 2.05) is 6.26 Å². The van der Waals surface area contributed by atoms with E-state index in [1.165, 1.54) is 18.4 Å². The van der Waals surface area contributed by atoms with E-state index < -0.39 is 0 Å². The lowest BCUT2D eigenvalue weighted by molar-refractivity contribution is 0.0863. The Morgan fingerprint density at radius 1 is 1.45 bits per heavy atom. The molecule has 1 fully saturated rings. The predicted molar refractivity (Wildman–Crippen MR) is 80.6 cm³/mol. The molecule has 0 aromatic carbocycles. The average Bonchev–Trinajstić information content (AvgIpc) is 3.16. The number of ether oxygens (including phenoxy) is 1. The molecule has 0 unspecified atom stereocenters. The van der Waals surface area contributed by atoms with Crippen molar-refractivity contribution in [2.75, 3.05) is 26.7 Å². The number of hydrogen-bond acceptors (Lipinski definition) is 4. The molecule has 4 nitrogen and oxygen atoms in total. The molecule has 1 aliphatic carbocycles. The highest BCUT2D eigenvalue weighted by Crippen LogP contribution is 2.24. The minimum atomic E-state index is 0.572. The minimum Gasteiger partial charge on any atom is -0.467 e. The molecule has 2 rings (SSSR count). The predicted octanol–water partition coefficient (Wildman–Crippen LogP) is 2.64. The third kappa shape index (κ3) is 5.65. The van der Waals surface area contributed by atoms with Gasteiger partial charge in [-0.2, -0.15) is 0 Å². The van der Waals surface area contributed by atoms with Crippen molar-refractivity contribution in [1.29, 1.82) is 0 Å². The van der Waals surface area contributed by atoms with Gasteiger partial charge < -0.3 is 19.4 Å². The summed E-state index contributed by atoms with van der Waals surface area (Å²) in [6.07, 6.45) is 4.52. The van der Waals surface area contributed by atoms with E-state index in [9.17, 15) is 0 Å². The molecule has 114 valence electrons. The molecular weight excluding hydrogens is 252 g/mol. The maximum Gasteiger partial charge on any atom is 0.129 e. The summed E-state index contributed by atoms with van der Waals surface area (Å²) in [7, 11) is 2.17. The van der Waals surface area contributed by atoms with E-state index in [4.69, 9.17) is 9.15 Å². The van der Waals surface area contributed by atoms with Crippen LogP contribution in [0, 0.1) is 5.92 Å². The zero-order valence-electron chi connectivity index (χ0n) is 13.0. The van der Waals surface area contributed by atoms with E-state index in [2.05, 4.69) is 37.2 Å². The maximum atomic E-state index is 5.67. The van der Waals surface area contributed by atoms with Crippen molar-refractivity contribution in [3.05, 3.63) is 23.7 Å². The molecule has 1 saturated carbocycles. The lowest BCUT2D eigenvalue weighted by Gasteiger charge is -2.14. The van der Waals surface area contributed by atoms with Gasteiger partial charge in [0.1, 0.15) is 12.4 Å². The summed E-state index contributed by atoms with van der Waals surface area (Å²) in [6.45, 7) is 8.67. The molecule has 4 heteroatoms. The molecule has 1 N–H and O–H groups in total. The Morgan fingerprint density at radius 3 is 2.95 bits per heavy atom. The van der Waals surface area contributed by atoms with Crippen LogP contribution in [0.5, 0.6) is 0 Å². The second-order valence-corrected chi connectivity index (χ2v) is 6.21. The maximum absolute atomic E-state index is 5.67. The fourth-order valence-electron chi connectivity index (χ4n) is 2.18. The van der Waals surface area contributed by atoms with Crippen LogP contribution in [0.4, 0.5) is 0 Å². The zero-order valence-corrected chi connectivity index (χ0v) is 13.0. The Hall–Kier alpha value is -0.840. The smallest absolute Gasteiger partial charge is 0.129 e. The number of nitrogens with zero attached hydrogens (tertiary/aromatic N) is 1. The van der Waals surface area contributed by atoms with Crippen LogP contribution in [0.3, 0.4) is 0 Å². The summed E-state index contributed by atoms with van der Waals surface area (Å²) in [5, 5.41) is 3.41. The van der Waals surface area contributed by atoms with Gasteiger partial charge in [-0.15, -0.1) is 0 Å². The van der Waals surface area contributed by atoms with Crippen LogP contribution in [0.15, 0.2) is 16.7 Å². The normalized spacial score (nSPS) is 15.4. The number of furan rings is 1. The SMILES string of the molecule is CC(C)CNCc1coc(COCCN(C)C2CC2)c1. The summed E-state index contributed by atoms with van der Waals surface area (Å²) in [6, 6.07) is 2.89. The standard InChI is InChI=1S/C16H28N2O2/c1-13(2)9-17-10-14-8-16(20-11-14)12-19-7-6-18(3)15-4-5-15/h8,11,13,15,17H,4-7,9-10,12H2,1-3H3. The van der Waals surface area contributed by atoms with Gasteiger partial charge in [0.15, 0.2) is 0 Å². The van der Waals surface area contributed by atoms with Gasteiger partial charge >= 0.3 is 0 Å². The fourth-order valence-corrected chi connectivity index (χ4v) is 2.18. The van der Waals surface area contributed by atoms with Crippen molar-refractivity contribution in [2.45, 2.75) is 45.9 Å². The monoisotopic (exact) mass is 280 g/mol. The Bertz CT molecular complexity index is 386. The van der Waals surface area contributed by atoms with Gasteiger partial charge in [-0.25, -0.2) is 0 Å². The van der Waals surface area contributed by atoms with Gasteiger partial charge in [-0.1, -0.05) is 13.8 Å². The van der Waals surface area contributed by atoms with Gasteiger partial charge in [0.2, 0.25) is 0 Å². The number of likely N-dealkylation sites (N-methyl/N-ethyl adjacent to an activating group) is 1. The van der Waals surface area contributed by atoms with Crippen LogP contribution in [0.2, 0.25) is 0 Å². The molecule has 1 aromatic heterocycles. The van der Waals surface area contributed by atoms with E-state index in [1.54, 1.807) is 0 Å². The minimum absolute atomic E-state index is 0.572. The molecule has 0 aliphatic heterocycles. The lowest BCUT2D eigenvalue weighted by Crippen LogP contribution is -2.25. The Balaban J connectivity index is 1.57. The number of nitrogens with one attached hydrogen (secondary N) is 1. The molecule has 1 aliphatic rings. The third-order valence-corrected chi connectivity index (χ3v) is 3.59. The third-order valence-electron chi connectivity index (χ3n) is 3.59. The van der Waals surface area contributed by atoms with E-state index >= 15 is 0 Å². The van der Waals surface area contributed by atoms with Crippen LogP contribution in [0.25, 0.3) is 0 Å².